The van der Waals surface area contributed by atoms with E-state index in [9.17, 15) is 4.79 Å². The standard InChI is InChI=1S/C12H20N4O/c1-8(2)10-13-11(15-14-10)12(17)16-6-4-5-9(3)7-16/h8-9H,4-7H2,1-3H3,(H,13,14,15). The van der Waals surface area contributed by atoms with Crippen LogP contribution in [-0.4, -0.2) is 39.1 Å². The number of nitrogens with zero attached hydrogens (tertiary/aromatic N) is 3. The van der Waals surface area contributed by atoms with Gasteiger partial charge >= 0.3 is 0 Å². The first-order valence-corrected chi connectivity index (χ1v) is 6.29. The fourth-order valence-electron chi connectivity index (χ4n) is 2.14. The molecule has 1 fully saturated rings. The average Bonchev–Trinajstić information content (AvgIpc) is 2.77. The van der Waals surface area contributed by atoms with E-state index in [1.807, 2.05) is 18.7 Å². The van der Waals surface area contributed by atoms with Crippen molar-refractivity contribution in [3.8, 4) is 0 Å². The third-order valence-electron chi connectivity index (χ3n) is 3.19. The van der Waals surface area contributed by atoms with E-state index in [0.717, 1.165) is 25.3 Å². The summed E-state index contributed by atoms with van der Waals surface area (Å²) in [5.41, 5.74) is 0. The lowest BCUT2D eigenvalue weighted by molar-refractivity contribution is 0.0671. The highest BCUT2D eigenvalue weighted by molar-refractivity contribution is 5.90. The van der Waals surface area contributed by atoms with Gasteiger partial charge in [0, 0.05) is 19.0 Å². The molecule has 0 spiro atoms. The lowest BCUT2D eigenvalue weighted by atomic mass is 10.0. The first-order valence-electron chi connectivity index (χ1n) is 6.29. The Hall–Kier alpha value is -1.39. The fourth-order valence-corrected chi connectivity index (χ4v) is 2.14. The molecule has 1 aromatic rings. The van der Waals surface area contributed by atoms with Crippen LogP contribution < -0.4 is 0 Å². The Morgan fingerprint density at radius 2 is 2.29 bits per heavy atom. The Balaban J connectivity index is 2.07. The predicted molar refractivity (Wildman–Crippen MR) is 64.8 cm³/mol. The Kier molecular flexibility index (Phi) is 3.45. The zero-order valence-corrected chi connectivity index (χ0v) is 10.7. The van der Waals surface area contributed by atoms with Crippen molar-refractivity contribution >= 4 is 5.91 Å². The maximum Gasteiger partial charge on any atom is 0.293 e. The second kappa shape index (κ2) is 4.85. The maximum absolute atomic E-state index is 12.2. The summed E-state index contributed by atoms with van der Waals surface area (Å²) in [7, 11) is 0. The number of rotatable bonds is 2. The molecule has 5 nitrogen and oxygen atoms in total. The molecule has 1 N–H and O–H groups in total. The topological polar surface area (TPSA) is 61.9 Å². The molecular weight excluding hydrogens is 216 g/mol. The van der Waals surface area contributed by atoms with Gasteiger partial charge in [0.1, 0.15) is 5.82 Å². The van der Waals surface area contributed by atoms with E-state index in [4.69, 9.17) is 0 Å². The van der Waals surface area contributed by atoms with Gasteiger partial charge in [0.2, 0.25) is 5.82 Å². The first-order chi connectivity index (χ1) is 8.08. The van der Waals surface area contributed by atoms with E-state index in [2.05, 4.69) is 22.1 Å². The van der Waals surface area contributed by atoms with Crippen molar-refractivity contribution in [1.29, 1.82) is 0 Å². The van der Waals surface area contributed by atoms with Crippen LogP contribution in [0.4, 0.5) is 0 Å². The maximum atomic E-state index is 12.2. The highest BCUT2D eigenvalue weighted by Gasteiger charge is 2.25. The van der Waals surface area contributed by atoms with Crippen molar-refractivity contribution in [1.82, 2.24) is 20.1 Å². The minimum absolute atomic E-state index is 0.0419. The molecule has 1 saturated heterocycles. The van der Waals surface area contributed by atoms with Crippen molar-refractivity contribution in [3.05, 3.63) is 11.6 Å². The van der Waals surface area contributed by atoms with Gasteiger partial charge in [0.15, 0.2) is 0 Å². The summed E-state index contributed by atoms with van der Waals surface area (Å²) in [5, 5.41) is 6.84. The highest BCUT2D eigenvalue weighted by atomic mass is 16.2. The van der Waals surface area contributed by atoms with Gasteiger partial charge in [-0.2, -0.15) is 0 Å². The summed E-state index contributed by atoms with van der Waals surface area (Å²) in [4.78, 5) is 18.3. The van der Waals surface area contributed by atoms with Gasteiger partial charge < -0.3 is 4.90 Å². The lowest BCUT2D eigenvalue weighted by Crippen LogP contribution is -2.39. The third-order valence-corrected chi connectivity index (χ3v) is 3.19. The van der Waals surface area contributed by atoms with Crippen LogP contribution in [-0.2, 0) is 0 Å². The number of carbonyl (C=O) groups is 1. The molecule has 0 saturated carbocycles. The van der Waals surface area contributed by atoms with Gasteiger partial charge in [-0.05, 0) is 18.8 Å². The molecular formula is C12H20N4O. The molecule has 0 aromatic carbocycles. The van der Waals surface area contributed by atoms with E-state index in [1.54, 1.807) is 0 Å². The molecule has 1 amide bonds. The summed E-state index contributed by atoms with van der Waals surface area (Å²) in [6, 6.07) is 0. The van der Waals surface area contributed by atoms with Crippen LogP contribution in [0.15, 0.2) is 0 Å². The number of hydrogen-bond acceptors (Lipinski definition) is 3. The normalized spacial score (nSPS) is 20.9. The van der Waals surface area contributed by atoms with Crippen LogP contribution in [0.25, 0.3) is 0 Å². The van der Waals surface area contributed by atoms with Crippen LogP contribution in [0.3, 0.4) is 0 Å². The summed E-state index contributed by atoms with van der Waals surface area (Å²) in [6.45, 7) is 7.88. The van der Waals surface area contributed by atoms with E-state index in [-0.39, 0.29) is 11.8 Å². The number of H-pyrrole nitrogens is 1. The summed E-state index contributed by atoms with van der Waals surface area (Å²) < 4.78 is 0. The van der Waals surface area contributed by atoms with Gasteiger partial charge in [-0.25, -0.2) is 4.98 Å². The molecule has 1 aromatic heterocycles. The molecule has 1 aliphatic heterocycles. The minimum atomic E-state index is -0.0419. The van der Waals surface area contributed by atoms with Crippen LogP contribution >= 0.6 is 0 Å². The van der Waals surface area contributed by atoms with Crippen molar-refractivity contribution in [3.63, 3.8) is 0 Å². The van der Waals surface area contributed by atoms with Crippen molar-refractivity contribution < 1.29 is 4.79 Å². The molecule has 0 bridgehead atoms. The SMILES string of the molecule is CC1CCCN(C(=O)c2n[nH]c(C(C)C)n2)C1. The van der Waals surface area contributed by atoms with Gasteiger partial charge in [0.25, 0.3) is 5.91 Å². The quantitative estimate of drug-likeness (QED) is 0.851. The molecule has 5 heteroatoms. The zero-order valence-electron chi connectivity index (χ0n) is 10.7. The van der Waals surface area contributed by atoms with E-state index in [0.29, 0.717) is 11.7 Å². The Labute approximate surface area is 102 Å². The molecule has 17 heavy (non-hydrogen) atoms. The molecule has 1 atom stereocenters. The fraction of sp³-hybridized carbons (Fsp3) is 0.750. The number of likely N-dealkylation sites (tertiary alicyclic amines) is 1. The zero-order chi connectivity index (χ0) is 12.4. The average molecular weight is 236 g/mol. The van der Waals surface area contributed by atoms with Crippen LogP contribution in [0.2, 0.25) is 0 Å². The van der Waals surface area contributed by atoms with Crippen LogP contribution in [0, 0.1) is 5.92 Å². The lowest BCUT2D eigenvalue weighted by Gasteiger charge is -2.29. The summed E-state index contributed by atoms with van der Waals surface area (Å²) >= 11 is 0. The molecule has 2 rings (SSSR count). The third kappa shape index (κ3) is 2.65. The Bertz CT molecular complexity index is 399. The van der Waals surface area contributed by atoms with Crippen molar-refractivity contribution in [2.75, 3.05) is 13.1 Å². The van der Waals surface area contributed by atoms with Crippen molar-refractivity contribution in [2.24, 2.45) is 5.92 Å². The first kappa shape index (κ1) is 12.1. The Morgan fingerprint density at radius 3 is 2.88 bits per heavy atom. The number of aromatic nitrogens is 3. The number of hydrogen-bond donors (Lipinski definition) is 1. The molecule has 1 unspecified atom stereocenters. The number of carbonyl (C=O) groups excluding carboxylic acids is 1. The van der Waals surface area contributed by atoms with Gasteiger partial charge in [-0.1, -0.05) is 20.8 Å². The summed E-state index contributed by atoms with van der Waals surface area (Å²) in [6.07, 6.45) is 2.28. The molecule has 0 aliphatic carbocycles. The summed E-state index contributed by atoms with van der Waals surface area (Å²) in [5.74, 6) is 1.89. The highest BCUT2D eigenvalue weighted by Crippen LogP contribution is 2.17. The van der Waals surface area contributed by atoms with E-state index >= 15 is 0 Å². The number of aromatic amines is 1. The second-order valence-corrected chi connectivity index (χ2v) is 5.20. The largest absolute Gasteiger partial charge is 0.336 e. The van der Waals surface area contributed by atoms with Crippen LogP contribution in [0.5, 0.6) is 0 Å². The number of amides is 1. The molecule has 2 heterocycles. The smallest absolute Gasteiger partial charge is 0.293 e. The predicted octanol–water partition coefficient (Wildman–Crippen LogP) is 1.80. The van der Waals surface area contributed by atoms with Crippen molar-refractivity contribution in [2.45, 2.75) is 39.5 Å². The molecule has 1 aliphatic rings. The van der Waals surface area contributed by atoms with Gasteiger partial charge in [0.05, 0.1) is 0 Å². The van der Waals surface area contributed by atoms with Crippen LogP contribution in [0.1, 0.15) is 56.0 Å². The second-order valence-electron chi connectivity index (χ2n) is 5.20. The number of piperidine rings is 1. The minimum Gasteiger partial charge on any atom is -0.336 e. The van der Waals surface area contributed by atoms with Gasteiger partial charge in [-0.15, -0.1) is 5.10 Å². The monoisotopic (exact) mass is 236 g/mol. The van der Waals surface area contributed by atoms with E-state index in [1.165, 1.54) is 6.42 Å². The van der Waals surface area contributed by atoms with E-state index < -0.39 is 0 Å². The van der Waals surface area contributed by atoms with Gasteiger partial charge in [-0.3, -0.25) is 9.89 Å². The molecule has 0 radical (unpaired) electrons. The molecule has 94 valence electrons. The Morgan fingerprint density at radius 1 is 1.53 bits per heavy atom. The number of nitrogens with one attached hydrogen (secondary N) is 1.